The van der Waals surface area contributed by atoms with Crippen LogP contribution in [0, 0.1) is 6.92 Å². The average molecular weight is 332 g/mol. The predicted octanol–water partition coefficient (Wildman–Crippen LogP) is 2.21. The van der Waals surface area contributed by atoms with Crippen LogP contribution in [0.3, 0.4) is 0 Å². The highest BCUT2D eigenvalue weighted by Crippen LogP contribution is 2.23. The Hall–Kier alpha value is -2.15. The zero-order chi connectivity index (χ0) is 16.4. The van der Waals surface area contributed by atoms with Gasteiger partial charge in [0.25, 0.3) is 5.91 Å². The van der Waals surface area contributed by atoms with Crippen molar-refractivity contribution in [2.45, 2.75) is 19.4 Å². The van der Waals surface area contributed by atoms with Crippen LogP contribution in [0.1, 0.15) is 21.7 Å². The van der Waals surface area contributed by atoms with E-state index in [1.54, 1.807) is 0 Å². The summed E-state index contributed by atoms with van der Waals surface area (Å²) in [6.45, 7) is 3.28. The number of rotatable bonds is 4. The lowest BCUT2D eigenvalue weighted by atomic mass is 10.3. The number of hydrogen-bond acceptors (Lipinski definition) is 6. The Labute approximate surface area is 139 Å². The molecule has 1 amide bonds. The van der Waals surface area contributed by atoms with Crippen LogP contribution in [0.5, 0.6) is 5.88 Å². The summed E-state index contributed by atoms with van der Waals surface area (Å²) >= 11 is 1.50. The Bertz CT molecular complexity index is 701. The minimum Gasteiger partial charge on any atom is -0.472 e. The van der Waals surface area contributed by atoms with E-state index in [9.17, 15) is 4.79 Å². The van der Waals surface area contributed by atoms with Crippen LogP contribution in [0.4, 0.5) is 5.82 Å². The quantitative estimate of drug-likeness (QED) is 0.859. The van der Waals surface area contributed by atoms with Gasteiger partial charge in [0.2, 0.25) is 5.88 Å². The van der Waals surface area contributed by atoms with E-state index >= 15 is 0 Å². The SMILES string of the molecule is Cc1ccsc1C(=O)N1CC[C@@H](Oc2cc(N(C)C)ncn2)C1. The zero-order valence-electron chi connectivity index (χ0n) is 13.5. The standard InChI is InChI=1S/C16H20N4O2S/c1-11-5-7-23-15(11)16(21)20-6-4-12(9-20)22-14-8-13(19(2)3)17-10-18-14/h5,7-8,10,12H,4,6,9H2,1-3H3/t12-/m1/s1. The zero-order valence-corrected chi connectivity index (χ0v) is 14.3. The number of thiophene rings is 1. The number of carbonyl (C=O) groups is 1. The Kier molecular flexibility index (Phi) is 4.47. The molecule has 0 aliphatic carbocycles. The summed E-state index contributed by atoms with van der Waals surface area (Å²) in [6, 6.07) is 3.79. The molecule has 1 aliphatic rings. The van der Waals surface area contributed by atoms with Crippen LogP contribution in [0.2, 0.25) is 0 Å². The molecule has 2 aromatic heterocycles. The monoisotopic (exact) mass is 332 g/mol. The highest BCUT2D eigenvalue weighted by molar-refractivity contribution is 7.12. The second kappa shape index (κ2) is 6.54. The fourth-order valence-electron chi connectivity index (χ4n) is 2.55. The Morgan fingerprint density at radius 1 is 1.43 bits per heavy atom. The first-order valence-electron chi connectivity index (χ1n) is 7.54. The van der Waals surface area contributed by atoms with Crippen LogP contribution in [-0.2, 0) is 0 Å². The maximum absolute atomic E-state index is 12.5. The summed E-state index contributed by atoms with van der Waals surface area (Å²) in [5.41, 5.74) is 1.04. The molecule has 1 saturated heterocycles. The summed E-state index contributed by atoms with van der Waals surface area (Å²) in [4.78, 5) is 25.4. The van der Waals surface area contributed by atoms with Crippen molar-refractivity contribution >= 4 is 23.1 Å². The largest absolute Gasteiger partial charge is 0.472 e. The van der Waals surface area contributed by atoms with E-state index in [0.29, 0.717) is 19.0 Å². The van der Waals surface area contributed by atoms with E-state index in [4.69, 9.17) is 4.74 Å². The number of nitrogens with zero attached hydrogens (tertiary/aromatic N) is 4. The Morgan fingerprint density at radius 3 is 2.96 bits per heavy atom. The van der Waals surface area contributed by atoms with Gasteiger partial charge in [-0.1, -0.05) is 0 Å². The third-order valence-electron chi connectivity index (χ3n) is 3.86. The lowest BCUT2D eigenvalue weighted by Gasteiger charge is -2.17. The molecule has 23 heavy (non-hydrogen) atoms. The summed E-state index contributed by atoms with van der Waals surface area (Å²) in [5.74, 6) is 1.45. The van der Waals surface area contributed by atoms with E-state index in [0.717, 1.165) is 22.7 Å². The molecule has 0 spiro atoms. The van der Waals surface area contributed by atoms with E-state index in [2.05, 4.69) is 9.97 Å². The van der Waals surface area contributed by atoms with Crippen LogP contribution in [0.15, 0.2) is 23.8 Å². The first-order valence-corrected chi connectivity index (χ1v) is 8.42. The maximum Gasteiger partial charge on any atom is 0.264 e. The van der Waals surface area contributed by atoms with Gasteiger partial charge in [0.05, 0.1) is 11.4 Å². The highest BCUT2D eigenvalue weighted by atomic mass is 32.1. The van der Waals surface area contributed by atoms with Crippen molar-refractivity contribution in [3.05, 3.63) is 34.3 Å². The van der Waals surface area contributed by atoms with Gasteiger partial charge in [0.1, 0.15) is 18.2 Å². The van der Waals surface area contributed by atoms with E-state index < -0.39 is 0 Å². The molecule has 0 unspecified atom stereocenters. The van der Waals surface area contributed by atoms with Crippen molar-refractivity contribution in [3.63, 3.8) is 0 Å². The van der Waals surface area contributed by atoms with Gasteiger partial charge in [0.15, 0.2) is 0 Å². The number of carbonyl (C=O) groups excluding carboxylic acids is 1. The molecular weight excluding hydrogens is 312 g/mol. The molecule has 0 radical (unpaired) electrons. The summed E-state index contributed by atoms with van der Waals surface area (Å²) in [5, 5.41) is 1.95. The molecule has 1 aliphatic heterocycles. The van der Waals surface area contributed by atoms with Crippen molar-refractivity contribution in [3.8, 4) is 5.88 Å². The van der Waals surface area contributed by atoms with Crippen LogP contribution >= 0.6 is 11.3 Å². The predicted molar refractivity (Wildman–Crippen MR) is 90.4 cm³/mol. The lowest BCUT2D eigenvalue weighted by Crippen LogP contribution is -2.30. The topological polar surface area (TPSA) is 58.6 Å². The molecular formula is C16H20N4O2S. The molecule has 0 bridgehead atoms. The molecule has 0 saturated carbocycles. The van der Waals surface area contributed by atoms with E-state index in [1.165, 1.54) is 17.7 Å². The molecule has 1 atom stereocenters. The van der Waals surface area contributed by atoms with Gasteiger partial charge in [-0.3, -0.25) is 4.79 Å². The number of amides is 1. The summed E-state index contributed by atoms with van der Waals surface area (Å²) < 4.78 is 5.93. The molecule has 122 valence electrons. The lowest BCUT2D eigenvalue weighted by molar-refractivity contribution is 0.0775. The van der Waals surface area contributed by atoms with Crippen molar-refractivity contribution in [2.24, 2.45) is 0 Å². The van der Waals surface area contributed by atoms with Crippen LogP contribution < -0.4 is 9.64 Å². The first-order chi connectivity index (χ1) is 11.0. The smallest absolute Gasteiger partial charge is 0.264 e. The van der Waals surface area contributed by atoms with Crippen molar-refractivity contribution in [2.75, 3.05) is 32.1 Å². The molecule has 3 heterocycles. The number of hydrogen-bond donors (Lipinski definition) is 0. The molecule has 7 heteroatoms. The van der Waals surface area contributed by atoms with Gasteiger partial charge < -0.3 is 14.5 Å². The normalized spacial score (nSPS) is 17.3. The van der Waals surface area contributed by atoms with Gasteiger partial charge in [-0.2, -0.15) is 0 Å². The molecule has 3 rings (SSSR count). The number of ether oxygens (including phenoxy) is 1. The van der Waals surface area contributed by atoms with Gasteiger partial charge >= 0.3 is 0 Å². The fraction of sp³-hybridized carbons (Fsp3) is 0.438. The number of aryl methyl sites for hydroxylation is 1. The molecule has 6 nitrogen and oxygen atoms in total. The third-order valence-corrected chi connectivity index (χ3v) is 4.87. The molecule has 0 aromatic carbocycles. The van der Waals surface area contributed by atoms with Crippen molar-refractivity contribution < 1.29 is 9.53 Å². The van der Waals surface area contributed by atoms with Crippen molar-refractivity contribution in [1.29, 1.82) is 0 Å². The molecule has 2 aromatic rings. The summed E-state index contributed by atoms with van der Waals surface area (Å²) in [7, 11) is 3.84. The third kappa shape index (κ3) is 3.44. The van der Waals surface area contributed by atoms with Gasteiger partial charge in [-0.05, 0) is 23.9 Å². The second-order valence-corrected chi connectivity index (χ2v) is 6.74. The average Bonchev–Trinajstić information content (AvgIpc) is 3.16. The highest BCUT2D eigenvalue weighted by Gasteiger charge is 2.29. The second-order valence-electron chi connectivity index (χ2n) is 5.82. The number of likely N-dealkylation sites (tertiary alicyclic amines) is 1. The van der Waals surface area contributed by atoms with Crippen LogP contribution in [-0.4, -0.2) is 54.1 Å². The minimum atomic E-state index is -0.0240. The molecule has 0 N–H and O–H groups in total. The van der Waals surface area contributed by atoms with Crippen molar-refractivity contribution in [1.82, 2.24) is 14.9 Å². The van der Waals surface area contributed by atoms with Gasteiger partial charge in [-0.15, -0.1) is 11.3 Å². The molecule has 1 fully saturated rings. The van der Waals surface area contributed by atoms with Gasteiger partial charge in [-0.25, -0.2) is 9.97 Å². The fourth-order valence-corrected chi connectivity index (χ4v) is 3.45. The Morgan fingerprint density at radius 2 is 2.26 bits per heavy atom. The number of aromatic nitrogens is 2. The van der Waals surface area contributed by atoms with Gasteiger partial charge in [0, 0.05) is 33.1 Å². The Balaban J connectivity index is 1.63. The first kappa shape index (κ1) is 15.7. The van der Waals surface area contributed by atoms with E-state index in [1.807, 2.05) is 48.3 Å². The van der Waals surface area contributed by atoms with E-state index in [-0.39, 0.29) is 12.0 Å². The number of anilines is 1. The summed E-state index contributed by atoms with van der Waals surface area (Å²) in [6.07, 6.45) is 2.29. The minimum absolute atomic E-state index is 0.0240. The van der Waals surface area contributed by atoms with Crippen LogP contribution in [0.25, 0.3) is 0 Å². The maximum atomic E-state index is 12.5.